The fourth-order valence-corrected chi connectivity index (χ4v) is 3.31. The fraction of sp³-hybridized carbons (Fsp3) is 0.467. The van der Waals surface area contributed by atoms with E-state index in [0.717, 1.165) is 18.1 Å². The highest BCUT2D eigenvalue weighted by Crippen LogP contribution is 2.33. The van der Waals surface area contributed by atoms with Crippen LogP contribution in [0.5, 0.6) is 11.5 Å². The van der Waals surface area contributed by atoms with Crippen LogP contribution in [0.25, 0.3) is 0 Å². The van der Waals surface area contributed by atoms with Crippen molar-refractivity contribution < 1.29 is 19.1 Å². The molecule has 1 aromatic carbocycles. The lowest BCUT2D eigenvalue weighted by Crippen LogP contribution is -2.40. The number of anilines is 1. The summed E-state index contributed by atoms with van der Waals surface area (Å²) in [4.78, 5) is 23.8. The molecule has 0 aromatic heterocycles. The van der Waals surface area contributed by atoms with Crippen molar-refractivity contribution in [3.05, 3.63) is 17.7 Å². The molecule has 0 saturated carbocycles. The van der Waals surface area contributed by atoms with E-state index in [0.29, 0.717) is 23.6 Å². The maximum Gasteiger partial charge on any atom is 0.250 e. The molecule has 0 radical (unpaired) electrons. The number of primary amides is 1. The highest BCUT2D eigenvalue weighted by Gasteiger charge is 2.20. The Hall–Kier alpha value is -1.93. The molecule has 2 rings (SSSR count). The lowest BCUT2D eigenvalue weighted by atomic mass is 10.1. The van der Waals surface area contributed by atoms with Gasteiger partial charge in [0.1, 0.15) is 0 Å². The first-order valence-corrected chi connectivity index (χ1v) is 8.37. The van der Waals surface area contributed by atoms with Gasteiger partial charge in [0.15, 0.2) is 11.5 Å². The number of ether oxygens (including phenoxy) is 2. The number of amides is 2. The molecule has 2 amide bonds. The maximum absolute atomic E-state index is 12.2. The Bertz CT molecular complexity index is 588. The molecule has 1 unspecified atom stereocenters. The second kappa shape index (κ2) is 8.07. The average molecular weight is 339 g/mol. The molecule has 0 spiro atoms. The molecule has 1 saturated heterocycles. The zero-order chi connectivity index (χ0) is 16.8. The van der Waals surface area contributed by atoms with E-state index in [1.54, 1.807) is 6.07 Å². The molecule has 23 heavy (non-hydrogen) atoms. The number of carbonyl (C=O) groups excluding carboxylic acids is 2. The van der Waals surface area contributed by atoms with Crippen molar-refractivity contribution in [2.75, 3.05) is 37.6 Å². The number of nitrogens with two attached hydrogens (primary N) is 1. The van der Waals surface area contributed by atoms with E-state index >= 15 is 0 Å². The van der Waals surface area contributed by atoms with Crippen molar-refractivity contribution in [3.63, 3.8) is 0 Å². The molecule has 1 aliphatic heterocycles. The number of carbonyl (C=O) groups is 2. The van der Waals surface area contributed by atoms with Crippen LogP contribution >= 0.6 is 11.8 Å². The normalized spacial score (nSPS) is 17.4. The predicted octanol–water partition coefficient (Wildman–Crippen LogP) is 0.836. The summed E-state index contributed by atoms with van der Waals surface area (Å²) in [6.45, 7) is 0.894. The minimum Gasteiger partial charge on any atom is -0.493 e. The third kappa shape index (κ3) is 4.52. The topological polar surface area (TPSA) is 103 Å². The van der Waals surface area contributed by atoms with Gasteiger partial charge in [0, 0.05) is 36.6 Å². The molecule has 4 N–H and O–H groups in total. The highest BCUT2D eigenvalue weighted by atomic mass is 32.2. The summed E-state index contributed by atoms with van der Waals surface area (Å²) in [7, 11) is 2.95. The minimum atomic E-state index is -0.646. The van der Waals surface area contributed by atoms with E-state index < -0.39 is 5.91 Å². The zero-order valence-electron chi connectivity index (χ0n) is 13.2. The maximum atomic E-state index is 12.2. The van der Waals surface area contributed by atoms with E-state index in [2.05, 4.69) is 10.6 Å². The standard InChI is InChI=1S/C15H21N3O4S/c1-21-12-6-10(15(16)20)11(7-13(12)22-2)18-14(19)5-9-8-23-4-3-17-9/h6-7,9,17H,3-5,8H2,1-2H3,(H2,16,20)(H,18,19). The van der Waals surface area contributed by atoms with Crippen LogP contribution in [0, 0.1) is 0 Å². The molecule has 0 aliphatic carbocycles. The van der Waals surface area contributed by atoms with Crippen molar-refractivity contribution in [2.24, 2.45) is 5.73 Å². The summed E-state index contributed by atoms with van der Waals surface area (Å²) >= 11 is 1.82. The first-order chi connectivity index (χ1) is 11.0. The molecule has 0 bridgehead atoms. The summed E-state index contributed by atoms with van der Waals surface area (Å²) in [6, 6.07) is 3.14. The Labute approximate surface area is 139 Å². The van der Waals surface area contributed by atoms with Crippen molar-refractivity contribution in [3.8, 4) is 11.5 Å². The highest BCUT2D eigenvalue weighted by molar-refractivity contribution is 7.99. The number of thioether (sulfide) groups is 1. The molecule has 1 aromatic rings. The van der Waals surface area contributed by atoms with Gasteiger partial charge >= 0.3 is 0 Å². The molecular formula is C15H21N3O4S. The number of rotatable bonds is 6. The van der Waals surface area contributed by atoms with E-state index in [-0.39, 0.29) is 17.5 Å². The molecule has 8 heteroatoms. The Morgan fingerprint density at radius 2 is 2.04 bits per heavy atom. The third-order valence-corrected chi connectivity index (χ3v) is 4.62. The van der Waals surface area contributed by atoms with Crippen molar-refractivity contribution in [1.29, 1.82) is 0 Å². The lowest BCUT2D eigenvalue weighted by Gasteiger charge is -2.22. The van der Waals surface area contributed by atoms with Gasteiger partial charge in [0.05, 0.1) is 25.5 Å². The van der Waals surface area contributed by atoms with Gasteiger partial charge < -0.3 is 25.8 Å². The average Bonchev–Trinajstić information content (AvgIpc) is 2.54. The van der Waals surface area contributed by atoms with Crippen LogP contribution in [0.2, 0.25) is 0 Å². The van der Waals surface area contributed by atoms with Crippen LogP contribution in [-0.2, 0) is 4.79 Å². The van der Waals surface area contributed by atoms with Crippen LogP contribution in [0.1, 0.15) is 16.8 Å². The SMILES string of the molecule is COc1cc(NC(=O)CC2CSCCN2)c(C(N)=O)cc1OC. The first kappa shape index (κ1) is 17.4. The summed E-state index contributed by atoms with van der Waals surface area (Å²) in [5, 5.41) is 6.04. The first-order valence-electron chi connectivity index (χ1n) is 7.22. The fourth-order valence-electron chi connectivity index (χ4n) is 2.36. The number of hydrogen-bond acceptors (Lipinski definition) is 6. The Balaban J connectivity index is 2.16. The molecule has 1 aliphatic rings. The molecule has 1 heterocycles. The smallest absolute Gasteiger partial charge is 0.250 e. The Morgan fingerprint density at radius 1 is 1.35 bits per heavy atom. The van der Waals surface area contributed by atoms with Crippen LogP contribution < -0.4 is 25.8 Å². The summed E-state index contributed by atoms with van der Waals surface area (Å²) in [5.41, 5.74) is 5.89. The summed E-state index contributed by atoms with van der Waals surface area (Å²) in [6.07, 6.45) is 0.333. The quantitative estimate of drug-likeness (QED) is 0.710. The Morgan fingerprint density at radius 3 is 2.61 bits per heavy atom. The van der Waals surface area contributed by atoms with Crippen molar-refractivity contribution >= 4 is 29.3 Å². The molecule has 1 atom stereocenters. The number of hydrogen-bond donors (Lipinski definition) is 3. The van der Waals surface area contributed by atoms with Gasteiger partial charge in [-0.05, 0) is 6.07 Å². The number of benzene rings is 1. The zero-order valence-corrected chi connectivity index (χ0v) is 14.0. The summed E-state index contributed by atoms with van der Waals surface area (Å²) < 4.78 is 10.3. The van der Waals surface area contributed by atoms with E-state index in [1.807, 2.05) is 11.8 Å². The monoisotopic (exact) mass is 339 g/mol. The summed E-state index contributed by atoms with van der Waals surface area (Å²) in [5.74, 6) is 1.91. The van der Waals surface area contributed by atoms with E-state index in [1.165, 1.54) is 20.3 Å². The predicted molar refractivity (Wildman–Crippen MR) is 90.4 cm³/mol. The van der Waals surface area contributed by atoms with Gasteiger partial charge in [-0.3, -0.25) is 9.59 Å². The molecule has 7 nitrogen and oxygen atoms in total. The second-order valence-electron chi connectivity index (χ2n) is 5.10. The van der Waals surface area contributed by atoms with Gasteiger partial charge in [-0.1, -0.05) is 0 Å². The van der Waals surface area contributed by atoms with E-state index in [4.69, 9.17) is 15.2 Å². The van der Waals surface area contributed by atoms with Crippen molar-refractivity contribution in [1.82, 2.24) is 5.32 Å². The largest absolute Gasteiger partial charge is 0.493 e. The van der Waals surface area contributed by atoms with Gasteiger partial charge in [-0.2, -0.15) is 11.8 Å². The molecule has 126 valence electrons. The van der Waals surface area contributed by atoms with Gasteiger partial charge in [0.2, 0.25) is 5.91 Å². The minimum absolute atomic E-state index is 0.130. The second-order valence-corrected chi connectivity index (χ2v) is 6.25. The van der Waals surface area contributed by atoms with Crippen molar-refractivity contribution in [2.45, 2.75) is 12.5 Å². The number of nitrogens with one attached hydrogen (secondary N) is 2. The molecule has 1 fully saturated rings. The number of methoxy groups -OCH3 is 2. The van der Waals surface area contributed by atoms with E-state index in [9.17, 15) is 9.59 Å². The van der Waals surface area contributed by atoms with Crippen LogP contribution in [0.4, 0.5) is 5.69 Å². The van der Waals surface area contributed by atoms with Crippen LogP contribution in [0.15, 0.2) is 12.1 Å². The Kier molecular flexibility index (Phi) is 6.12. The van der Waals surface area contributed by atoms with Gasteiger partial charge in [-0.15, -0.1) is 0 Å². The molecular weight excluding hydrogens is 318 g/mol. The van der Waals surface area contributed by atoms with Gasteiger partial charge in [-0.25, -0.2) is 0 Å². The third-order valence-electron chi connectivity index (χ3n) is 3.49. The van der Waals surface area contributed by atoms with Crippen LogP contribution in [-0.4, -0.2) is 50.1 Å². The lowest BCUT2D eigenvalue weighted by molar-refractivity contribution is -0.116. The van der Waals surface area contributed by atoms with Crippen LogP contribution in [0.3, 0.4) is 0 Å². The van der Waals surface area contributed by atoms with Gasteiger partial charge in [0.25, 0.3) is 5.91 Å².